The molecule has 0 amide bonds. The Balaban J connectivity index is 1.27. The first-order valence-corrected chi connectivity index (χ1v) is 23.1. The summed E-state index contributed by atoms with van der Waals surface area (Å²) < 4.78 is 57.3. The zero-order valence-electron chi connectivity index (χ0n) is 37.2. The minimum absolute atomic E-state index is 0.00107. The number of carbonyl (C=O) groups is 1. The molecule has 0 saturated heterocycles. The van der Waals surface area contributed by atoms with Gasteiger partial charge in [0.1, 0.15) is 18.1 Å². The van der Waals surface area contributed by atoms with Crippen molar-refractivity contribution in [3.8, 4) is 11.5 Å². The van der Waals surface area contributed by atoms with Crippen LogP contribution in [-0.4, -0.2) is 70.3 Å². The number of hydrogen-bond acceptors (Lipinski definition) is 10. The Morgan fingerprint density at radius 3 is 2.41 bits per heavy atom. The monoisotopic (exact) mass is 876 g/mol. The minimum atomic E-state index is -4.13. The molecule has 12 nitrogen and oxygen atoms in total. The van der Waals surface area contributed by atoms with E-state index in [1.54, 1.807) is 26.4 Å². The van der Waals surface area contributed by atoms with Crippen LogP contribution in [0.15, 0.2) is 118 Å². The van der Waals surface area contributed by atoms with Crippen molar-refractivity contribution in [3.63, 3.8) is 0 Å². The van der Waals surface area contributed by atoms with Gasteiger partial charge in [0.05, 0.1) is 16.9 Å². The number of benzene rings is 3. The third-order valence-electron chi connectivity index (χ3n) is 13.3. The number of nitrogens with zero attached hydrogens (tertiary/aromatic N) is 2. The molecule has 2 aliphatic carbocycles. The van der Waals surface area contributed by atoms with Crippen molar-refractivity contribution in [1.29, 1.82) is 0 Å². The molecule has 0 fully saturated rings. The number of anilines is 1. The Hall–Kier alpha value is -5.31. The molecule has 1 atom stereocenters. The summed E-state index contributed by atoms with van der Waals surface area (Å²) in [6, 6.07) is 17.3. The molecule has 0 saturated carbocycles. The summed E-state index contributed by atoms with van der Waals surface area (Å²) in [6.45, 7) is 13.1. The first kappa shape index (κ1) is 44.3. The maximum Gasteiger partial charge on any atom is 0.312 e. The lowest BCUT2D eigenvalue weighted by Gasteiger charge is -2.33. The normalized spacial score (nSPS) is 21.1. The average molecular weight is 877 g/mol. The van der Waals surface area contributed by atoms with E-state index in [1.165, 1.54) is 28.6 Å². The van der Waals surface area contributed by atoms with Crippen LogP contribution >= 0.6 is 0 Å². The van der Waals surface area contributed by atoms with Gasteiger partial charge in [0.2, 0.25) is 5.69 Å². The highest BCUT2D eigenvalue weighted by atomic mass is 32.2. The van der Waals surface area contributed by atoms with Crippen molar-refractivity contribution < 1.29 is 46.1 Å². The highest BCUT2D eigenvalue weighted by Gasteiger charge is 2.45. The van der Waals surface area contributed by atoms with Gasteiger partial charge in [-0.3, -0.25) is 4.79 Å². The summed E-state index contributed by atoms with van der Waals surface area (Å²) in [5.41, 5.74) is 10.7. The predicted octanol–water partition coefficient (Wildman–Crippen LogP) is 8.61. The summed E-state index contributed by atoms with van der Waals surface area (Å²) in [6.07, 6.45) is 12.5. The lowest BCUT2D eigenvalue weighted by Crippen LogP contribution is -2.29. The number of nitrogens with two attached hydrogens (primary N) is 1. The fourth-order valence-corrected chi connectivity index (χ4v) is 10.5. The smallest absolute Gasteiger partial charge is 0.312 e. The van der Waals surface area contributed by atoms with E-state index in [4.69, 9.17) is 24.8 Å². The van der Waals surface area contributed by atoms with Crippen molar-refractivity contribution in [1.82, 2.24) is 0 Å². The van der Waals surface area contributed by atoms with Gasteiger partial charge in [-0.25, -0.2) is 0 Å². The van der Waals surface area contributed by atoms with Crippen LogP contribution in [0.3, 0.4) is 0 Å². The molecule has 3 aromatic rings. The Bertz CT molecular complexity index is 2670. The molecule has 0 spiro atoms. The molecule has 0 aromatic heterocycles. The molecule has 63 heavy (non-hydrogen) atoms. The van der Waals surface area contributed by atoms with Crippen molar-refractivity contribution in [2.45, 2.75) is 88.9 Å². The van der Waals surface area contributed by atoms with Gasteiger partial charge in [-0.1, -0.05) is 37.6 Å². The summed E-state index contributed by atoms with van der Waals surface area (Å²) in [5, 5.41) is 9.49. The Morgan fingerprint density at radius 2 is 1.67 bits per heavy atom. The van der Waals surface area contributed by atoms with Crippen LogP contribution in [0, 0.1) is 12.8 Å². The molecule has 5 aliphatic rings. The van der Waals surface area contributed by atoms with Crippen LogP contribution < -0.4 is 20.3 Å². The van der Waals surface area contributed by atoms with E-state index >= 15 is 0 Å². The van der Waals surface area contributed by atoms with E-state index in [0.717, 1.165) is 83.0 Å². The van der Waals surface area contributed by atoms with Crippen molar-refractivity contribution in [3.05, 3.63) is 135 Å². The number of carboxylic acids is 1. The average Bonchev–Trinajstić information content (AvgIpc) is 3.49. The minimum Gasteiger partial charge on any atom is -0.481 e. The largest absolute Gasteiger partial charge is 0.481 e. The summed E-state index contributed by atoms with van der Waals surface area (Å²) in [5.74, 6) is 7.18. The van der Waals surface area contributed by atoms with Gasteiger partial charge in [-0.05, 0) is 130 Å². The molecule has 1 unspecified atom stereocenters. The van der Waals surface area contributed by atoms with Crippen molar-refractivity contribution in [2.75, 3.05) is 45.4 Å². The van der Waals surface area contributed by atoms with Gasteiger partial charge in [0, 0.05) is 67.3 Å². The molecule has 332 valence electrons. The number of methoxy groups -OCH3 is 2. The zero-order valence-corrected chi connectivity index (χ0v) is 38.1. The molecule has 3 aromatic carbocycles. The standard InChI is InChI=1S/C50H57N3O9S/c1-31-8-18-39-37(28-31)49(2,3)43(52(39)24-26-58-6)21-15-34-13-11-33-12-14-35(48-46(33)47(34)60-41-20-9-32(10-23-45(54)55)29-42(41)61-48)16-22-44-50(4,5)38-30-36(63(56,57)62-51)17-19-40(38)53(44)25-27-59-7/h8-9,15-22,28-30,33H,10-14,23-27,51H2,1-7H3/p+1. The SMILES string of the molecule is COCCN1/C(=C/C=C2\CCC3CCC(/C=C/C4=[N+](CCOC)c5ccc(C)cc5C4(C)C)=C4Oc5ccc(CCC(=O)O)cc5OC2=C43)C(C)(C)c2cc(S(=O)(=O)ON)ccc21. The molecular formula is C50H58N3O9S+. The van der Waals surface area contributed by atoms with Crippen molar-refractivity contribution >= 4 is 33.2 Å². The first-order valence-electron chi connectivity index (χ1n) is 21.7. The highest BCUT2D eigenvalue weighted by Crippen LogP contribution is 2.52. The maximum absolute atomic E-state index is 12.7. The first-order chi connectivity index (χ1) is 30.1. The molecule has 3 heterocycles. The van der Waals surface area contributed by atoms with Crippen LogP contribution in [0.4, 0.5) is 11.4 Å². The van der Waals surface area contributed by atoms with E-state index in [0.29, 0.717) is 37.7 Å². The van der Waals surface area contributed by atoms with E-state index in [1.807, 2.05) is 18.2 Å². The fourth-order valence-electron chi connectivity index (χ4n) is 9.90. The molecule has 3 N–H and O–H groups in total. The summed E-state index contributed by atoms with van der Waals surface area (Å²) in [7, 11) is -0.734. The second-order valence-electron chi connectivity index (χ2n) is 18.0. The Morgan fingerprint density at radius 1 is 0.905 bits per heavy atom. The molecule has 13 heteroatoms. The van der Waals surface area contributed by atoms with Gasteiger partial charge in [-0.15, -0.1) is 0 Å². The third kappa shape index (κ3) is 8.21. The lowest BCUT2D eigenvalue weighted by atomic mass is 9.74. The quantitative estimate of drug-likeness (QED) is 0.118. The van der Waals surface area contributed by atoms with Crippen LogP contribution in [0.5, 0.6) is 11.5 Å². The van der Waals surface area contributed by atoms with Gasteiger partial charge in [-0.2, -0.15) is 23.2 Å². The van der Waals surface area contributed by atoms with Gasteiger partial charge >= 0.3 is 16.1 Å². The Kier molecular flexibility index (Phi) is 12.2. The van der Waals surface area contributed by atoms with E-state index in [9.17, 15) is 18.3 Å². The number of hydrogen-bond donors (Lipinski definition) is 2. The second-order valence-corrected chi connectivity index (χ2v) is 19.6. The van der Waals surface area contributed by atoms with Crippen LogP contribution in [0.1, 0.15) is 82.1 Å². The summed E-state index contributed by atoms with van der Waals surface area (Å²) in [4.78, 5) is 13.7. The molecule has 8 rings (SSSR count). The van der Waals surface area contributed by atoms with Crippen LogP contribution in [0.25, 0.3) is 0 Å². The molecule has 0 bridgehead atoms. The second kappa shape index (κ2) is 17.3. The fraction of sp³-hybridized carbons (Fsp3) is 0.400. The maximum atomic E-state index is 12.7. The number of aliphatic carboxylic acids is 1. The van der Waals surface area contributed by atoms with Gasteiger partial charge in [0.25, 0.3) is 0 Å². The molecular weight excluding hydrogens is 819 g/mol. The predicted molar refractivity (Wildman–Crippen MR) is 242 cm³/mol. The zero-order chi connectivity index (χ0) is 44.8. The van der Waals surface area contributed by atoms with E-state index < -0.39 is 21.5 Å². The summed E-state index contributed by atoms with van der Waals surface area (Å²) >= 11 is 0. The van der Waals surface area contributed by atoms with Gasteiger partial charge < -0.3 is 29.0 Å². The number of allylic oxidation sites excluding steroid dienone is 8. The van der Waals surface area contributed by atoms with Gasteiger partial charge in [0.15, 0.2) is 23.8 Å². The Labute approximate surface area is 370 Å². The lowest BCUT2D eigenvalue weighted by molar-refractivity contribution is -0.441. The topological polar surface area (TPSA) is 150 Å². The molecule has 0 radical (unpaired) electrons. The van der Waals surface area contributed by atoms with Crippen molar-refractivity contribution in [2.24, 2.45) is 11.8 Å². The number of ether oxygens (including phenoxy) is 4. The van der Waals surface area contributed by atoms with E-state index in [2.05, 4.69) is 90.9 Å². The third-order valence-corrected chi connectivity index (χ3v) is 14.4. The highest BCUT2D eigenvalue weighted by molar-refractivity contribution is 7.86. The number of carboxylic acid groups (broad SMARTS) is 1. The molecule has 3 aliphatic heterocycles. The number of fused-ring (bicyclic) bond motifs is 3. The van der Waals surface area contributed by atoms with Crippen LogP contribution in [-0.2, 0) is 45.9 Å². The number of rotatable bonds is 14. The van der Waals surface area contributed by atoms with E-state index in [-0.39, 0.29) is 22.6 Å². The number of aryl methyl sites for hydroxylation is 2. The van der Waals surface area contributed by atoms with Crippen LogP contribution in [0.2, 0.25) is 0 Å².